The lowest BCUT2D eigenvalue weighted by atomic mass is 9.62. The fourth-order valence-corrected chi connectivity index (χ4v) is 11.2. The summed E-state index contributed by atoms with van der Waals surface area (Å²) in [6, 6.07) is 51.8. The van der Waals surface area contributed by atoms with Gasteiger partial charge in [0.2, 0.25) is 0 Å². The molecule has 0 bridgehead atoms. The van der Waals surface area contributed by atoms with Crippen LogP contribution in [0.5, 0.6) is 0 Å². The van der Waals surface area contributed by atoms with Crippen molar-refractivity contribution >= 4 is 66.4 Å². The molecule has 3 heterocycles. The van der Waals surface area contributed by atoms with Crippen LogP contribution in [0.4, 0.5) is 5.69 Å². The molecule has 2 aliphatic carbocycles. The average Bonchev–Trinajstić information content (AvgIpc) is 3.81. The largest absolute Gasteiger partial charge is 0.309 e. The maximum atomic E-state index is 4.84. The normalized spacial score (nSPS) is 18.4. The summed E-state index contributed by atoms with van der Waals surface area (Å²) in [4.78, 5) is 9.60. The Morgan fingerprint density at radius 3 is 1.74 bits per heavy atom. The smallest absolute Gasteiger partial charge is 0.0964 e. The second-order valence-electron chi connectivity index (χ2n) is 17.4. The van der Waals surface area contributed by atoms with Crippen molar-refractivity contribution in [1.82, 2.24) is 14.1 Å². The first-order valence-electron chi connectivity index (χ1n) is 21.8. The lowest BCUT2D eigenvalue weighted by Gasteiger charge is -2.42. The molecule has 4 atom stereocenters. The molecule has 4 heteroatoms. The van der Waals surface area contributed by atoms with Gasteiger partial charge < -0.3 is 9.13 Å². The van der Waals surface area contributed by atoms with Gasteiger partial charge in [0.25, 0.3) is 0 Å². The van der Waals surface area contributed by atoms with E-state index in [-0.39, 0.29) is 11.8 Å². The summed E-state index contributed by atoms with van der Waals surface area (Å²) in [5.41, 5.74) is 20.6. The predicted octanol–water partition coefficient (Wildman–Crippen LogP) is 15.5. The molecule has 0 fully saturated rings. The fraction of sp³-hybridized carbons (Fsp3) is 0.158. The van der Waals surface area contributed by atoms with E-state index in [2.05, 4.69) is 170 Å². The van der Waals surface area contributed by atoms with Gasteiger partial charge in [0.1, 0.15) is 0 Å². The third-order valence-electron chi connectivity index (χ3n) is 14.4. The molecule has 12 rings (SSSR count). The molecule has 10 aromatic rings. The second-order valence-corrected chi connectivity index (χ2v) is 17.4. The number of nitrogens with zero attached hydrogens (tertiary/aromatic N) is 4. The van der Waals surface area contributed by atoms with E-state index in [1.54, 1.807) is 0 Å². The van der Waals surface area contributed by atoms with Crippen LogP contribution in [0.1, 0.15) is 80.5 Å². The van der Waals surface area contributed by atoms with Crippen LogP contribution in [0.2, 0.25) is 0 Å². The molecular formula is C57H46N4. The standard InChI is InChI=1S/C57H46N4/c1-6-7-28-58-48-26-25-40(42-22-16-29-59-55(42)48)37-24-27-50-45(30-37)47-32-44-34(3)33(2)43-31-46-41-21-14-15-23-49(41)60(38-17-10-8-11-18-38)56(46)51-35(4)36(5)52(54(44)53(43)51)57(47)61(50)39-19-12-9-13-20-39/h6-36H,1-5H3/b7-6-,58-28?. The van der Waals surface area contributed by atoms with Crippen LogP contribution >= 0.6 is 0 Å². The molecular weight excluding hydrogens is 741 g/mol. The third kappa shape index (κ3) is 4.99. The first kappa shape index (κ1) is 35.9. The summed E-state index contributed by atoms with van der Waals surface area (Å²) >= 11 is 0. The molecule has 2 aliphatic rings. The van der Waals surface area contributed by atoms with Crippen LogP contribution in [-0.4, -0.2) is 20.3 Å². The Balaban J connectivity index is 1.20. The number of fused-ring (bicyclic) bond motifs is 9. The zero-order chi connectivity index (χ0) is 41.1. The first-order valence-corrected chi connectivity index (χ1v) is 21.8. The van der Waals surface area contributed by atoms with Crippen molar-refractivity contribution in [2.75, 3.05) is 0 Å². The van der Waals surface area contributed by atoms with Crippen molar-refractivity contribution in [3.8, 4) is 33.6 Å². The van der Waals surface area contributed by atoms with Crippen LogP contribution in [0, 0.1) is 0 Å². The molecule has 0 saturated carbocycles. The Bertz CT molecular complexity index is 3490. The molecule has 0 amide bonds. The van der Waals surface area contributed by atoms with Crippen molar-refractivity contribution in [1.29, 1.82) is 0 Å². The van der Waals surface area contributed by atoms with Crippen molar-refractivity contribution < 1.29 is 0 Å². The molecule has 294 valence electrons. The molecule has 61 heavy (non-hydrogen) atoms. The van der Waals surface area contributed by atoms with E-state index in [1.165, 1.54) is 93.9 Å². The number of aromatic nitrogens is 3. The number of hydrogen-bond acceptors (Lipinski definition) is 2. The number of para-hydroxylation sites is 3. The Labute approximate surface area is 356 Å². The summed E-state index contributed by atoms with van der Waals surface area (Å²) < 4.78 is 5.12. The Morgan fingerprint density at radius 1 is 0.525 bits per heavy atom. The number of aliphatic imine (C=N–C) groups is 1. The van der Waals surface area contributed by atoms with Gasteiger partial charge in [-0.05, 0) is 148 Å². The van der Waals surface area contributed by atoms with Gasteiger partial charge in [-0.25, -0.2) is 0 Å². The third-order valence-corrected chi connectivity index (χ3v) is 14.4. The van der Waals surface area contributed by atoms with Crippen LogP contribution in [0.25, 0.3) is 88.1 Å². The Morgan fingerprint density at radius 2 is 1.10 bits per heavy atom. The minimum atomic E-state index is 0.253. The number of rotatable bonds is 5. The highest BCUT2D eigenvalue weighted by atomic mass is 15.0. The monoisotopic (exact) mass is 786 g/mol. The highest BCUT2D eigenvalue weighted by Gasteiger charge is 2.42. The molecule has 4 unspecified atom stereocenters. The number of allylic oxidation sites excluding steroid dienone is 2. The van der Waals surface area contributed by atoms with Gasteiger partial charge in [-0.2, -0.15) is 0 Å². The van der Waals surface area contributed by atoms with Gasteiger partial charge >= 0.3 is 0 Å². The zero-order valence-corrected chi connectivity index (χ0v) is 35.2. The van der Waals surface area contributed by atoms with Gasteiger partial charge in [0.15, 0.2) is 0 Å². The quantitative estimate of drug-likeness (QED) is 0.160. The molecule has 0 aliphatic heterocycles. The lowest BCUT2D eigenvalue weighted by molar-refractivity contribution is 0.584. The van der Waals surface area contributed by atoms with Crippen LogP contribution in [0.3, 0.4) is 0 Å². The second kappa shape index (κ2) is 13.5. The van der Waals surface area contributed by atoms with E-state index in [4.69, 9.17) is 9.98 Å². The topological polar surface area (TPSA) is 35.1 Å². The lowest BCUT2D eigenvalue weighted by Crippen LogP contribution is -2.24. The van der Waals surface area contributed by atoms with E-state index < -0.39 is 0 Å². The highest BCUT2D eigenvalue weighted by Crippen LogP contribution is 2.61. The summed E-state index contributed by atoms with van der Waals surface area (Å²) in [6.07, 6.45) is 7.66. The minimum absolute atomic E-state index is 0.253. The molecule has 7 aromatic carbocycles. The summed E-state index contributed by atoms with van der Waals surface area (Å²) in [5.74, 6) is 1.20. The molecule has 0 saturated heterocycles. The summed E-state index contributed by atoms with van der Waals surface area (Å²) in [5, 5.41) is 6.40. The van der Waals surface area contributed by atoms with Gasteiger partial charge in [-0.3, -0.25) is 9.98 Å². The van der Waals surface area contributed by atoms with Crippen molar-refractivity contribution in [3.05, 3.63) is 180 Å². The molecule has 3 aromatic heterocycles. The average molecular weight is 787 g/mol. The van der Waals surface area contributed by atoms with Crippen molar-refractivity contribution in [2.24, 2.45) is 4.99 Å². The number of hydrogen-bond donors (Lipinski definition) is 0. The van der Waals surface area contributed by atoms with E-state index in [0.717, 1.165) is 22.2 Å². The minimum Gasteiger partial charge on any atom is -0.309 e. The van der Waals surface area contributed by atoms with Gasteiger partial charge in [-0.15, -0.1) is 0 Å². The summed E-state index contributed by atoms with van der Waals surface area (Å²) in [6.45, 7) is 11.9. The van der Waals surface area contributed by atoms with Crippen LogP contribution < -0.4 is 0 Å². The SMILES string of the molecule is C/C=C\C=Nc1ccc(-c2ccc3c(c2)c2cc4c5c(c2n3-c2ccccc2)C(C)C(C)c2c-5c(cc3c5ccccc5n(-c5ccccc5)c23)C(C)C4C)c2cccnc12. The van der Waals surface area contributed by atoms with Crippen molar-refractivity contribution in [3.63, 3.8) is 0 Å². The van der Waals surface area contributed by atoms with E-state index in [9.17, 15) is 0 Å². The molecule has 0 radical (unpaired) electrons. The Hall–Kier alpha value is -7.04. The molecule has 0 spiro atoms. The fourth-order valence-electron chi connectivity index (χ4n) is 11.2. The number of benzene rings is 7. The van der Waals surface area contributed by atoms with Gasteiger partial charge in [0, 0.05) is 50.7 Å². The van der Waals surface area contributed by atoms with Gasteiger partial charge in [0.05, 0.1) is 33.3 Å². The van der Waals surface area contributed by atoms with Crippen molar-refractivity contribution in [2.45, 2.75) is 58.3 Å². The maximum absolute atomic E-state index is 4.84. The summed E-state index contributed by atoms with van der Waals surface area (Å²) in [7, 11) is 0. The highest BCUT2D eigenvalue weighted by molar-refractivity contribution is 6.17. The maximum Gasteiger partial charge on any atom is 0.0964 e. The Kier molecular flexibility index (Phi) is 7.93. The number of pyridine rings is 1. The molecule has 4 nitrogen and oxygen atoms in total. The van der Waals surface area contributed by atoms with Gasteiger partial charge in [-0.1, -0.05) is 107 Å². The molecule has 0 N–H and O–H groups in total. The van der Waals surface area contributed by atoms with Crippen LogP contribution in [0.15, 0.2) is 163 Å². The first-order chi connectivity index (χ1) is 29.9. The van der Waals surface area contributed by atoms with E-state index in [1.807, 2.05) is 37.6 Å². The predicted molar refractivity (Wildman–Crippen MR) is 258 cm³/mol. The van der Waals surface area contributed by atoms with E-state index >= 15 is 0 Å². The van der Waals surface area contributed by atoms with Crippen LogP contribution in [-0.2, 0) is 0 Å². The van der Waals surface area contributed by atoms with E-state index in [0.29, 0.717) is 11.8 Å². The zero-order valence-electron chi connectivity index (χ0n) is 35.2.